The Balaban J connectivity index is 1.81. The molecule has 0 saturated carbocycles. The van der Waals surface area contributed by atoms with E-state index in [4.69, 9.17) is 4.74 Å². The first-order valence-electron chi connectivity index (χ1n) is 10.6. The van der Waals surface area contributed by atoms with Crippen LogP contribution in [0.2, 0.25) is 0 Å². The molecule has 9 heteroatoms. The molecular formula is C23H29N3O5S. The summed E-state index contributed by atoms with van der Waals surface area (Å²) in [7, 11) is -3.86. The first-order valence-corrected chi connectivity index (χ1v) is 12.1. The van der Waals surface area contributed by atoms with E-state index >= 15 is 0 Å². The van der Waals surface area contributed by atoms with Gasteiger partial charge in [0.1, 0.15) is 12.4 Å². The van der Waals surface area contributed by atoms with Crippen LogP contribution < -0.4 is 19.7 Å². The van der Waals surface area contributed by atoms with E-state index in [1.54, 1.807) is 35.2 Å². The van der Waals surface area contributed by atoms with Crippen LogP contribution in [0.3, 0.4) is 0 Å². The number of hydrogen-bond donors (Lipinski definition) is 2. The molecule has 0 bridgehead atoms. The minimum absolute atomic E-state index is 0.0433. The standard InChI is InChI=1S/C23H29N3O5S/c1-5-7-21(27)24-16-8-11-18(12-9-16)32(29,30)25-17-10-13-19-20(14-17)31-15-23(3,4)22(28)26(19)6-2/h8-14,25H,5-7,15H2,1-4H3,(H,24,27). The van der Waals surface area contributed by atoms with E-state index in [2.05, 4.69) is 10.0 Å². The van der Waals surface area contributed by atoms with Gasteiger partial charge in [0, 0.05) is 24.7 Å². The van der Waals surface area contributed by atoms with Crippen molar-refractivity contribution in [2.24, 2.45) is 5.41 Å². The predicted molar refractivity (Wildman–Crippen MR) is 125 cm³/mol. The molecule has 0 atom stereocenters. The van der Waals surface area contributed by atoms with Crippen molar-refractivity contribution in [1.82, 2.24) is 0 Å². The van der Waals surface area contributed by atoms with Crippen molar-refractivity contribution in [3.63, 3.8) is 0 Å². The van der Waals surface area contributed by atoms with Gasteiger partial charge >= 0.3 is 0 Å². The molecule has 0 aromatic heterocycles. The Morgan fingerprint density at radius 2 is 1.75 bits per heavy atom. The third-order valence-corrected chi connectivity index (χ3v) is 6.55. The Morgan fingerprint density at radius 3 is 2.38 bits per heavy atom. The zero-order chi connectivity index (χ0) is 23.5. The van der Waals surface area contributed by atoms with Gasteiger partial charge in [0.25, 0.3) is 10.0 Å². The molecule has 172 valence electrons. The molecule has 0 spiro atoms. The first kappa shape index (κ1) is 23.6. The third kappa shape index (κ3) is 5.04. The molecule has 1 aliphatic rings. The molecule has 2 aromatic carbocycles. The lowest BCUT2D eigenvalue weighted by Crippen LogP contribution is -2.42. The van der Waals surface area contributed by atoms with Gasteiger partial charge in [0.15, 0.2) is 0 Å². The molecule has 0 aliphatic carbocycles. The zero-order valence-corrected chi connectivity index (χ0v) is 19.6. The van der Waals surface area contributed by atoms with E-state index in [0.717, 1.165) is 6.42 Å². The van der Waals surface area contributed by atoms with Gasteiger partial charge in [0.05, 0.1) is 21.7 Å². The first-order chi connectivity index (χ1) is 15.1. The molecule has 0 unspecified atom stereocenters. The molecule has 1 aliphatic heterocycles. The number of carbonyl (C=O) groups excluding carboxylic acids is 2. The number of anilines is 3. The van der Waals surface area contributed by atoms with Crippen molar-refractivity contribution in [3.8, 4) is 5.75 Å². The lowest BCUT2D eigenvalue weighted by Gasteiger charge is -2.26. The summed E-state index contributed by atoms with van der Waals surface area (Å²) in [6.45, 7) is 8.10. The number of benzene rings is 2. The van der Waals surface area contributed by atoms with E-state index in [1.165, 1.54) is 12.1 Å². The number of rotatable bonds is 7. The second-order valence-corrected chi connectivity index (χ2v) is 10.0. The summed E-state index contributed by atoms with van der Waals surface area (Å²) in [5.41, 5.74) is 0.779. The Kier molecular flexibility index (Phi) is 6.78. The van der Waals surface area contributed by atoms with Crippen LogP contribution in [-0.4, -0.2) is 33.4 Å². The van der Waals surface area contributed by atoms with Gasteiger partial charge < -0.3 is 15.0 Å². The lowest BCUT2D eigenvalue weighted by atomic mass is 9.93. The molecule has 2 amide bonds. The highest BCUT2D eigenvalue weighted by Gasteiger charge is 2.37. The van der Waals surface area contributed by atoms with Crippen LogP contribution in [0.5, 0.6) is 5.75 Å². The number of hydrogen-bond acceptors (Lipinski definition) is 5. The van der Waals surface area contributed by atoms with E-state index in [9.17, 15) is 18.0 Å². The Hall–Kier alpha value is -3.07. The summed E-state index contributed by atoms with van der Waals surface area (Å²) in [4.78, 5) is 26.2. The smallest absolute Gasteiger partial charge is 0.261 e. The second-order valence-electron chi connectivity index (χ2n) is 8.33. The fraction of sp³-hybridized carbons (Fsp3) is 0.391. The average Bonchev–Trinajstić information content (AvgIpc) is 2.82. The van der Waals surface area contributed by atoms with Gasteiger partial charge in [-0.2, -0.15) is 0 Å². The number of amides is 2. The van der Waals surface area contributed by atoms with Crippen LogP contribution in [0.25, 0.3) is 0 Å². The van der Waals surface area contributed by atoms with Crippen LogP contribution in [-0.2, 0) is 19.6 Å². The Labute approximate surface area is 189 Å². The third-order valence-electron chi connectivity index (χ3n) is 5.16. The van der Waals surface area contributed by atoms with Crippen molar-refractivity contribution in [1.29, 1.82) is 0 Å². The summed E-state index contributed by atoms with van der Waals surface area (Å²) in [6.07, 6.45) is 1.13. The average molecular weight is 460 g/mol. The van der Waals surface area contributed by atoms with Gasteiger partial charge in [-0.3, -0.25) is 14.3 Å². The molecule has 8 nitrogen and oxygen atoms in total. The van der Waals surface area contributed by atoms with Crippen molar-refractivity contribution < 1.29 is 22.7 Å². The molecule has 0 saturated heterocycles. The van der Waals surface area contributed by atoms with E-state index < -0.39 is 15.4 Å². The van der Waals surface area contributed by atoms with E-state index in [1.807, 2.05) is 27.7 Å². The van der Waals surface area contributed by atoms with Crippen LogP contribution >= 0.6 is 0 Å². The number of carbonyl (C=O) groups is 2. The maximum absolute atomic E-state index is 12.8. The second kappa shape index (κ2) is 9.20. The van der Waals surface area contributed by atoms with E-state index in [-0.39, 0.29) is 23.3 Å². The zero-order valence-electron chi connectivity index (χ0n) is 18.8. The monoisotopic (exact) mass is 459 g/mol. The maximum Gasteiger partial charge on any atom is 0.261 e. The largest absolute Gasteiger partial charge is 0.490 e. The predicted octanol–water partition coefficient (Wildman–Crippen LogP) is 4.00. The molecular weight excluding hydrogens is 430 g/mol. The highest BCUT2D eigenvalue weighted by Crippen LogP contribution is 2.38. The van der Waals surface area contributed by atoms with Crippen molar-refractivity contribution >= 4 is 38.9 Å². The van der Waals surface area contributed by atoms with Crippen LogP contribution in [0.1, 0.15) is 40.5 Å². The normalized spacial score (nSPS) is 15.4. The van der Waals surface area contributed by atoms with Crippen molar-refractivity contribution in [3.05, 3.63) is 42.5 Å². The van der Waals surface area contributed by atoms with Crippen LogP contribution in [0.15, 0.2) is 47.4 Å². The van der Waals surface area contributed by atoms with Gasteiger partial charge in [-0.1, -0.05) is 6.92 Å². The maximum atomic E-state index is 12.8. The SMILES string of the molecule is CCCC(=O)Nc1ccc(S(=O)(=O)Nc2ccc3c(c2)OCC(C)(C)C(=O)N3CC)cc1. The van der Waals surface area contributed by atoms with Crippen LogP contribution in [0, 0.1) is 5.41 Å². The minimum atomic E-state index is -3.86. The quantitative estimate of drug-likeness (QED) is 0.651. The molecule has 2 aromatic rings. The van der Waals surface area contributed by atoms with Gasteiger partial charge in [-0.25, -0.2) is 8.42 Å². The molecule has 0 radical (unpaired) electrons. The number of sulfonamides is 1. The molecule has 0 fully saturated rings. The van der Waals surface area contributed by atoms with Gasteiger partial charge in [0.2, 0.25) is 11.8 Å². The molecule has 32 heavy (non-hydrogen) atoms. The van der Waals surface area contributed by atoms with Crippen LogP contribution in [0.4, 0.5) is 17.1 Å². The van der Waals surface area contributed by atoms with Gasteiger partial charge in [-0.05, 0) is 63.6 Å². The number of nitrogens with one attached hydrogen (secondary N) is 2. The fourth-order valence-corrected chi connectivity index (χ4v) is 4.46. The molecule has 3 rings (SSSR count). The fourth-order valence-electron chi connectivity index (χ4n) is 3.41. The summed E-state index contributed by atoms with van der Waals surface area (Å²) in [6, 6.07) is 10.8. The number of fused-ring (bicyclic) bond motifs is 1. The van der Waals surface area contributed by atoms with Crippen molar-refractivity contribution in [2.45, 2.75) is 45.4 Å². The Morgan fingerprint density at radius 1 is 1.09 bits per heavy atom. The van der Waals surface area contributed by atoms with E-state index in [0.29, 0.717) is 35.8 Å². The topological polar surface area (TPSA) is 105 Å². The minimum Gasteiger partial charge on any atom is -0.490 e. The molecule has 2 N–H and O–H groups in total. The lowest BCUT2D eigenvalue weighted by molar-refractivity contribution is -0.127. The summed E-state index contributed by atoms with van der Waals surface area (Å²) in [5.74, 6) is 0.284. The summed E-state index contributed by atoms with van der Waals surface area (Å²) >= 11 is 0. The number of ether oxygens (including phenoxy) is 1. The highest BCUT2D eigenvalue weighted by atomic mass is 32.2. The van der Waals surface area contributed by atoms with Crippen molar-refractivity contribution in [2.75, 3.05) is 28.1 Å². The Bertz CT molecular complexity index is 1110. The summed E-state index contributed by atoms with van der Waals surface area (Å²) < 4.78 is 34.1. The van der Waals surface area contributed by atoms with Gasteiger partial charge in [-0.15, -0.1) is 0 Å². The molecule has 1 heterocycles. The number of nitrogens with zero attached hydrogens (tertiary/aromatic N) is 1. The highest BCUT2D eigenvalue weighted by molar-refractivity contribution is 7.92. The summed E-state index contributed by atoms with van der Waals surface area (Å²) in [5, 5.41) is 2.73.